The van der Waals surface area contributed by atoms with E-state index in [1.54, 1.807) is 13.2 Å². The van der Waals surface area contributed by atoms with Gasteiger partial charge in [0.25, 0.3) is 0 Å². The quantitative estimate of drug-likeness (QED) is 0.157. The molecule has 0 radical (unpaired) electrons. The normalized spacial score (nSPS) is 12.8. The molecule has 1 atom stereocenters. The van der Waals surface area contributed by atoms with Crippen molar-refractivity contribution in [3.8, 4) is 11.5 Å². The fourth-order valence-corrected chi connectivity index (χ4v) is 9.14. The molecular formula is C30H38O4Si. The number of hydrogen-bond acceptors (Lipinski definition) is 4. The first-order valence-corrected chi connectivity index (χ1v) is 14.0. The molecule has 186 valence electrons. The average molecular weight is 491 g/mol. The third-order valence-electron chi connectivity index (χ3n) is 6.46. The van der Waals surface area contributed by atoms with E-state index in [0.29, 0.717) is 13.0 Å². The van der Waals surface area contributed by atoms with E-state index in [2.05, 4.69) is 75.9 Å². The Balaban J connectivity index is 2.13. The highest BCUT2D eigenvalue weighted by molar-refractivity contribution is 7.00. The molecule has 0 saturated heterocycles. The standard InChI is InChI=1S/C30H38O4Si/c1-7-24(18-19-33-22-32-6)27-21-29(23(2)20-28(27)31)34-35(30(3,4)5,25-14-10-8-11-15-25)26-16-12-9-13-17-26/h7-17,20-21,24,31H,1,18-19,22H2,2-6H3/t24-/m1/s1. The van der Waals surface area contributed by atoms with Gasteiger partial charge in [0.2, 0.25) is 0 Å². The van der Waals surface area contributed by atoms with Crippen molar-refractivity contribution in [2.75, 3.05) is 20.5 Å². The van der Waals surface area contributed by atoms with Gasteiger partial charge in [-0.05, 0) is 46.5 Å². The number of methoxy groups -OCH3 is 1. The molecule has 1 N–H and O–H groups in total. The maximum absolute atomic E-state index is 10.9. The smallest absolute Gasteiger partial charge is 0.319 e. The summed E-state index contributed by atoms with van der Waals surface area (Å²) in [5, 5.41) is 13.1. The molecule has 35 heavy (non-hydrogen) atoms. The lowest BCUT2D eigenvalue weighted by Crippen LogP contribution is -2.68. The maximum atomic E-state index is 10.9. The first-order chi connectivity index (χ1) is 16.7. The number of phenolic OH excluding ortho intramolecular Hbond substituents is 1. The van der Waals surface area contributed by atoms with Crippen LogP contribution in [0, 0.1) is 6.92 Å². The minimum absolute atomic E-state index is 0.0750. The van der Waals surface area contributed by atoms with Crippen LogP contribution < -0.4 is 14.8 Å². The van der Waals surface area contributed by atoms with Crippen molar-refractivity contribution >= 4 is 18.7 Å². The maximum Gasteiger partial charge on any atom is 0.319 e. The molecule has 0 amide bonds. The molecule has 3 aromatic rings. The van der Waals surface area contributed by atoms with Gasteiger partial charge < -0.3 is 19.0 Å². The first kappa shape index (κ1) is 26.7. The van der Waals surface area contributed by atoms with Gasteiger partial charge >= 0.3 is 8.32 Å². The van der Waals surface area contributed by atoms with E-state index in [1.165, 1.54) is 10.4 Å². The second kappa shape index (κ2) is 11.7. The van der Waals surface area contributed by atoms with Crippen LogP contribution in [-0.2, 0) is 9.47 Å². The molecule has 0 saturated carbocycles. The predicted octanol–water partition coefficient (Wildman–Crippen LogP) is 5.92. The summed E-state index contributed by atoms with van der Waals surface area (Å²) < 4.78 is 17.7. The molecule has 0 unspecified atom stereocenters. The van der Waals surface area contributed by atoms with E-state index >= 15 is 0 Å². The molecule has 0 fully saturated rings. The Hall–Kier alpha value is -2.86. The van der Waals surface area contributed by atoms with Crippen LogP contribution >= 0.6 is 0 Å². The largest absolute Gasteiger partial charge is 0.534 e. The van der Waals surface area contributed by atoms with Crippen molar-refractivity contribution in [3.05, 3.63) is 96.6 Å². The molecule has 4 nitrogen and oxygen atoms in total. The van der Waals surface area contributed by atoms with Crippen molar-refractivity contribution in [1.82, 2.24) is 0 Å². The van der Waals surface area contributed by atoms with Gasteiger partial charge in [0.05, 0.1) is 6.61 Å². The van der Waals surface area contributed by atoms with E-state index in [9.17, 15) is 5.11 Å². The number of ether oxygens (including phenoxy) is 2. The molecule has 5 heteroatoms. The topological polar surface area (TPSA) is 47.9 Å². The summed E-state index contributed by atoms with van der Waals surface area (Å²) in [6.07, 6.45) is 2.54. The van der Waals surface area contributed by atoms with Crippen LogP contribution in [0.25, 0.3) is 0 Å². The number of aryl methyl sites for hydroxylation is 1. The van der Waals surface area contributed by atoms with Crippen LogP contribution in [0.2, 0.25) is 5.04 Å². The van der Waals surface area contributed by atoms with E-state index in [4.69, 9.17) is 13.9 Å². The van der Waals surface area contributed by atoms with Crippen LogP contribution in [0.1, 0.15) is 44.2 Å². The lowest BCUT2D eigenvalue weighted by Gasteiger charge is -2.43. The molecule has 0 heterocycles. The Morgan fingerprint density at radius 2 is 1.54 bits per heavy atom. The van der Waals surface area contributed by atoms with Crippen molar-refractivity contribution in [2.45, 2.75) is 45.1 Å². The van der Waals surface area contributed by atoms with Crippen LogP contribution in [0.15, 0.2) is 85.5 Å². The third-order valence-corrected chi connectivity index (χ3v) is 11.4. The molecule has 0 aliphatic carbocycles. The number of benzene rings is 3. The van der Waals surface area contributed by atoms with Crippen LogP contribution in [0.3, 0.4) is 0 Å². The number of hydrogen-bond donors (Lipinski definition) is 1. The number of phenols is 1. The van der Waals surface area contributed by atoms with Gasteiger partial charge in [-0.2, -0.15) is 0 Å². The highest BCUT2D eigenvalue weighted by Crippen LogP contribution is 2.41. The van der Waals surface area contributed by atoms with Gasteiger partial charge in [-0.25, -0.2) is 0 Å². The molecule has 3 aromatic carbocycles. The Labute approximate surface area is 211 Å². The van der Waals surface area contributed by atoms with Gasteiger partial charge in [0, 0.05) is 18.6 Å². The number of allylic oxidation sites excluding steroid dienone is 1. The van der Waals surface area contributed by atoms with Crippen molar-refractivity contribution in [3.63, 3.8) is 0 Å². The third kappa shape index (κ3) is 5.86. The first-order valence-electron chi connectivity index (χ1n) is 12.1. The van der Waals surface area contributed by atoms with E-state index in [1.807, 2.05) is 31.2 Å². The Morgan fingerprint density at radius 3 is 2.03 bits per heavy atom. The average Bonchev–Trinajstić information content (AvgIpc) is 2.84. The predicted molar refractivity (Wildman–Crippen MR) is 146 cm³/mol. The molecule has 0 spiro atoms. The summed E-state index contributed by atoms with van der Waals surface area (Å²) in [6.45, 7) is 13.5. The lowest BCUT2D eigenvalue weighted by molar-refractivity contribution is -0.0317. The van der Waals surface area contributed by atoms with Gasteiger partial charge in [-0.1, -0.05) is 87.5 Å². The van der Waals surface area contributed by atoms with E-state index in [-0.39, 0.29) is 23.5 Å². The summed E-state index contributed by atoms with van der Waals surface area (Å²) in [5.74, 6) is 0.958. The summed E-state index contributed by atoms with van der Waals surface area (Å²) in [4.78, 5) is 0. The summed E-state index contributed by atoms with van der Waals surface area (Å²) in [7, 11) is -1.19. The molecule has 0 bridgehead atoms. The fourth-order valence-electron chi connectivity index (χ4n) is 4.66. The van der Waals surface area contributed by atoms with Crippen molar-refractivity contribution in [2.24, 2.45) is 0 Å². The molecular weight excluding hydrogens is 452 g/mol. The minimum atomic E-state index is -2.79. The van der Waals surface area contributed by atoms with Crippen LogP contribution in [-0.4, -0.2) is 33.9 Å². The Kier molecular flexibility index (Phi) is 8.95. The Bertz CT molecular complexity index is 1050. The fraction of sp³-hybridized carbons (Fsp3) is 0.333. The minimum Gasteiger partial charge on any atom is -0.534 e. The zero-order valence-corrected chi connectivity index (χ0v) is 22.6. The second-order valence-electron chi connectivity index (χ2n) is 9.89. The highest BCUT2D eigenvalue weighted by Gasteiger charge is 2.52. The monoisotopic (exact) mass is 490 g/mol. The molecule has 0 aliphatic heterocycles. The zero-order valence-electron chi connectivity index (χ0n) is 21.6. The second-order valence-corrected chi connectivity index (χ2v) is 14.1. The van der Waals surface area contributed by atoms with Crippen LogP contribution in [0.4, 0.5) is 0 Å². The van der Waals surface area contributed by atoms with Crippen LogP contribution in [0.5, 0.6) is 11.5 Å². The van der Waals surface area contributed by atoms with E-state index in [0.717, 1.165) is 16.9 Å². The van der Waals surface area contributed by atoms with Crippen molar-refractivity contribution in [1.29, 1.82) is 0 Å². The molecule has 0 aromatic heterocycles. The number of aromatic hydroxyl groups is 1. The van der Waals surface area contributed by atoms with Gasteiger partial charge in [0.1, 0.15) is 18.3 Å². The summed E-state index contributed by atoms with van der Waals surface area (Å²) in [6, 6.07) is 24.9. The number of rotatable bonds is 11. The zero-order chi connectivity index (χ0) is 25.5. The highest BCUT2D eigenvalue weighted by atomic mass is 28.4. The molecule has 0 aliphatic rings. The van der Waals surface area contributed by atoms with E-state index < -0.39 is 8.32 Å². The SMILES string of the molecule is C=C[C@H](CCOCOC)c1cc(O[Si](c2ccccc2)(c2ccccc2)C(C)(C)C)c(C)cc1O. The van der Waals surface area contributed by atoms with Gasteiger partial charge in [-0.15, -0.1) is 6.58 Å². The Morgan fingerprint density at radius 1 is 0.971 bits per heavy atom. The van der Waals surface area contributed by atoms with Gasteiger partial charge in [-0.3, -0.25) is 0 Å². The van der Waals surface area contributed by atoms with Crippen molar-refractivity contribution < 1.29 is 19.0 Å². The summed E-state index contributed by atoms with van der Waals surface area (Å²) in [5.41, 5.74) is 1.69. The lowest BCUT2D eigenvalue weighted by atomic mass is 9.94. The molecule has 3 rings (SSSR count). The van der Waals surface area contributed by atoms with Gasteiger partial charge in [0.15, 0.2) is 0 Å². The summed E-state index contributed by atoms with van der Waals surface area (Å²) >= 11 is 0.